The van der Waals surface area contributed by atoms with Crippen molar-refractivity contribution < 1.29 is 19.6 Å². The van der Waals surface area contributed by atoms with Gasteiger partial charge in [-0.1, -0.05) is 22.0 Å². The summed E-state index contributed by atoms with van der Waals surface area (Å²) in [6.45, 7) is 0. The second-order valence-electron chi connectivity index (χ2n) is 4.55. The third-order valence-electron chi connectivity index (χ3n) is 3.05. The maximum atomic E-state index is 12.1. The number of ether oxygens (including phenoxy) is 1. The molecule has 0 bridgehead atoms. The largest absolute Gasteiger partial charge is 0.500 e. The summed E-state index contributed by atoms with van der Waals surface area (Å²) in [5, 5.41) is 20.6. The first-order valence-electron chi connectivity index (χ1n) is 6.45. The molecule has 0 aliphatic rings. The van der Waals surface area contributed by atoms with Gasteiger partial charge in [0, 0.05) is 16.1 Å². The average Bonchev–Trinajstić information content (AvgIpc) is 2.53. The van der Waals surface area contributed by atoms with Gasteiger partial charge in [-0.05, 0) is 42.0 Å². The van der Waals surface area contributed by atoms with Crippen LogP contribution >= 0.6 is 15.9 Å². The normalized spacial score (nSPS) is 10.7. The van der Waals surface area contributed by atoms with E-state index in [1.54, 1.807) is 24.3 Å². The summed E-state index contributed by atoms with van der Waals surface area (Å²) >= 11 is 3.28. The Morgan fingerprint density at radius 3 is 2.52 bits per heavy atom. The molecule has 23 heavy (non-hydrogen) atoms. The quantitative estimate of drug-likeness (QED) is 0.368. The SMILES string of the molecule is COc1cc(C=CC(=O)c2ccc(Br)cc2)cc([N+](=O)[O-])c1O. The maximum Gasteiger partial charge on any atom is 0.315 e. The van der Waals surface area contributed by atoms with Gasteiger partial charge in [0.2, 0.25) is 5.75 Å². The van der Waals surface area contributed by atoms with E-state index in [1.807, 2.05) is 0 Å². The number of nitro benzene ring substituents is 1. The van der Waals surface area contributed by atoms with Crippen molar-refractivity contribution in [2.45, 2.75) is 0 Å². The highest BCUT2D eigenvalue weighted by atomic mass is 79.9. The Labute approximate surface area is 140 Å². The van der Waals surface area contributed by atoms with Crippen molar-refractivity contribution in [3.05, 3.63) is 68.2 Å². The zero-order valence-electron chi connectivity index (χ0n) is 12.0. The molecule has 1 N–H and O–H groups in total. The monoisotopic (exact) mass is 377 g/mol. The van der Waals surface area contributed by atoms with Crippen molar-refractivity contribution >= 4 is 33.5 Å². The number of carbonyl (C=O) groups excluding carboxylic acids is 1. The molecule has 0 fully saturated rings. The van der Waals surface area contributed by atoms with E-state index in [0.29, 0.717) is 11.1 Å². The van der Waals surface area contributed by atoms with Crippen molar-refractivity contribution in [1.82, 2.24) is 0 Å². The Hall–Kier alpha value is -2.67. The number of phenolic OH excluding ortho intramolecular Hbond substituents is 1. The number of nitrogens with zero attached hydrogens (tertiary/aromatic N) is 1. The number of phenols is 1. The number of hydrogen-bond acceptors (Lipinski definition) is 5. The van der Waals surface area contributed by atoms with Crippen LogP contribution in [0.5, 0.6) is 11.5 Å². The van der Waals surface area contributed by atoms with E-state index in [0.717, 1.165) is 4.47 Å². The number of halogens is 1. The number of methoxy groups -OCH3 is 1. The van der Waals surface area contributed by atoms with Gasteiger partial charge < -0.3 is 9.84 Å². The minimum atomic E-state index is -0.717. The minimum absolute atomic E-state index is 0.0325. The van der Waals surface area contributed by atoms with Gasteiger partial charge in [0.15, 0.2) is 11.5 Å². The summed E-state index contributed by atoms with van der Waals surface area (Å²) in [5.74, 6) is -0.823. The second-order valence-corrected chi connectivity index (χ2v) is 5.47. The van der Waals surface area contributed by atoms with E-state index in [2.05, 4.69) is 15.9 Å². The summed E-state index contributed by atoms with van der Waals surface area (Å²) in [4.78, 5) is 22.3. The third-order valence-corrected chi connectivity index (χ3v) is 3.58. The fraction of sp³-hybridized carbons (Fsp3) is 0.0625. The number of hydrogen-bond donors (Lipinski definition) is 1. The molecule has 0 radical (unpaired) electrons. The van der Waals surface area contributed by atoms with Crippen LogP contribution in [0.15, 0.2) is 46.9 Å². The highest BCUT2D eigenvalue weighted by molar-refractivity contribution is 9.10. The van der Waals surface area contributed by atoms with E-state index in [1.165, 1.54) is 31.4 Å². The molecule has 2 aromatic rings. The highest BCUT2D eigenvalue weighted by Crippen LogP contribution is 2.37. The minimum Gasteiger partial charge on any atom is -0.500 e. The van der Waals surface area contributed by atoms with Gasteiger partial charge in [-0.3, -0.25) is 14.9 Å². The highest BCUT2D eigenvalue weighted by Gasteiger charge is 2.19. The van der Waals surface area contributed by atoms with Gasteiger partial charge in [0.05, 0.1) is 12.0 Å². The van der Waals surface area contributed by atoms with Crippen LogP contribution in [0.3, 0.4) is 0 Å². The third kappa shape index (κ3) is 3.95. The first kappa shape index (κ1) is 16.7. The summed E-state index contributed by atoms with van der Waals surface area (Å²) < 4.78 is 5.76. The van der Waals surface area contributed by atoms with Crippen LogP contribution < -0.4 is 4.74 Å². The fourth-order valence-electron chi connectivity index (χ4n) is 1.89. The lowest BCUT2D eigenvalue weighted by molar-refractivity contribution is -0.386. The van der Waals surface area contributed by atoms with Crippen molar-refractivity contribution in [3.8, 4) is 11.5 Å². The molecule has 0 saturated heterocycles. The Balaban J connectivity index is 2.32. The molecule has 118 valence electrons. The number of ketones is 1. The van der Waals surface area contributed by atoms with Gasteiger partial charge in [0.1, 0.15) is 0 Å². The molecule has 2 aromatic carbocycles. The molecule has 0 aliphatic heterocycles. The lowest BCUT2D eigenvalue weighted by Crippen LogP contribution is -1.95. The van der Waals surface area contributed by atoms with Crippen LogP contribution in [0.25, 0.3) is 6.08 Å². The first-order valence-corrected chi connectivity index (χ1v) is 7.25. The molecule has 0 amide bonds. The number of nitro groups is 1. The number of benzene rings is 2. The van der Waals surface area contributed by atoms with Crippen LogP contribution in [-0.2, 0) is 0 Å². The van der Waals surface area contributed by atoms with Crippen LogP contribution in [0.1, 0.15) is 15.9 Å². The summed E-state index contributed by atoms with van der Waals surface area (Å²) in [6.07, 6.45) is 2.73. The Morgan fingerprint density at radius 2 is 1.96 bits per heavy atom. The van der Waals surface area contributed by atoms with Gasteiger partial charge >= 0.3 is 5.69 Å². The lowest BCUT2D eigenvalue weighted by atomic mass is 10.1. The lowest BCUT2D eigenvalue weighted by Gasteiger charge is -2.05. The molecular formula is C16H12BrNO5. The number of carbonyl (C=O) groups is 1. The average molecular weight is 378 g/mol. The number of allylic oxidation sites excluding steroid dienone is 1. The topological polar surface area (TPSA) is 89.7 Å². The van der Waals surface area contributed by atoms with Crippen LogP contribution in [-0.4, -0.2) is 22.9 Å². The zero-order valence-corrected chi connectivity index (χ0v) is 13.6. The van der Waals surface area contributed by atoms with Gasteiger partial charge in [-0.15, -0.1) is 0 Å². The molecule has 0 saturated carbocycles. The first-order chi connectivity index (χ1) is 10.9. The van der Waals surface area contributed by atoms with Crippen LogP contribution in [0.2, 0.25) is 0 Å². The second kappa shape index (κ2) is 7.06. The van der Waals surface area contributed by atoms with Crippen LogP contribution in [0.4, 0.5) is 5.69 Å². The standard InChI is InChI=1S/C16H12BrNO5/c1-23-15-9-10(8-13(16(15)20)18(21)22)2-7-14(19)11-3-5-12(17)6-4-11/h2-9,20H,1H3. The van der Waals surface area contributed by atoms with E-state index in [9.17, 15) is 20.0 Å². The Morgan fingerprint density at radius 1 is 1.30 bits per heavy atom. The van der Waals surface area contributed by atoms with E-state index in [-0.39, 0.29) is 11.5 Å². The molecule has 0 unspecified atom stereocenters. The zero-order chi connectivity index (χ0) is 17.0. The molecule has 0 aromatic heterocycles. The predicted octanol–water partition coefficient (Wildman–Crippen LogP) is 3.97. The van der Waals surface area contributed by atoms with E-state index in [4.69, 9.17) is 4.74 Å². The Kier molecular flexibility index (Phi) is 5.13. The summed E-state index contributed by atoms with van der Waals surface area (Å²) in [5.41, 5.74) is 0.376. The number of rotatable bonds is 5. The van der Waals surface area contributed by atoms with Crippen molar-refractivity contribution in [1.29, 1.82) is 0 Å². The molecule has 6 nitrogen and oxygen atoms in total. The van der Waals surface area contributed by atoms with Crippen LogP contribution in [0, 0.1) is 10.1 Å². The van der Waals surface area contributed by atoms with Crippen molar-refractivity contribution in [3.63, 3.8) is 0 Å². The fourth-order valence-corrected chi connectivity index (χ4v) is 2.15. The molecule has 2 rings (SSSR count). The van der Waals surface area contributed by atoms with Crippen molar-refractivity contribution in [2.75, 3.05) is 7.11 Å². The molecule has 7 heteroatoms. The summed E-state index contributed by atoms with van der Waals surface area (Å²) in [7, 11) is 1.29. The van der Waals surface area contributed by atoms with Gasteiger partial charge in [-0.2, -0.15) is 0 Å². The Bertz CT molecular complexity index is 784. The van der Waals surface area contributed by atoms with Gasteiger partial charge in [-0.25, -0.2) is 0 Å². The summed E-state index contributed by atoms with van der Waals surface area (Å²) in [6, 6.07) is 9.40. The van der Waals surface area contributed by atoms with E-state index < -0.39 is 16.4 Å². The molecular weight excluding hydrogens is 366 g/mol. The number of aromatic hydroxyl groups is 1. The van der Waals surface area contributed by atoms with E-state index >= 15 is 0 Å². The molecule has 0 heterocycles. The van der Waals surface area contributed by atoms with Gasteiger partial charge in [0.25, 0.3) is 0 Å². The maximum absolute atomic E-state index is 12.1. The smallest absolute Gasteiger partial charge is 0.315 e. The predicted molar refractivity (Wildman–Crippen MR) is 88.8 cm³/mol. The van der Waals surface area contributed by atoms with Crippen molar-refractivity contribution in [2.24, 2.45) is 0 Å². The molecule has 0 atom stereocenters. The molecule has 0 spiro atoms. The molecule has 0 aliphatic carbocycles.